The maximum absolute atomic E-state index is 6.51. The van der Waals surface area contributed by atoms with Gasteiger partial charge in [0.25, 0.3) is 0 Å². The first-order valence-corrected chi connectivity index (χ1v) is 12.2. The molecule has 1 unspecified atom stereocenters. The van der Waals surface area contributed by atoms with Gasteiger partial charge in [-0.05, 0) is 51.4 Å². The Morgan fingerprint density at radius 3 is 1.70 bits per heavy atom. The minimum absolute atomic E-state index is 0.230. The first kappa shape index (κ1) is 22.9. The fourth-order valence-corrected chi connectivity index (χ4v) is 4.79. The Kier molecular flexibility index (Phi) is 12.4. The van der Waals surface area contributed by atoms with Gasteiger partial charge in [0.2, 0.25) is 0 Å². The van der Waals surface area contributed by atoms with E-state index in [0.717, 1.165) is 12.8 Å². The molecule has 2 rings (SSSR count). The molecule has 0 aromatic carbocycles. The monoisotopic (exact) mass is 378 g/mol. The van der Waals surface area contributed by atoms with Gasteiger partial charge in [-0.3, -0.25) is 0 Å². The molecule has 0 spiro atoms. The van der Waals surface area contributed by atoms with Crippen molar-refractivity contribution in [1.29, 1.82) is 0 Å². The molecule has 27 heavy (non-hydrogen) atoms. The highest BCUT2D eigenvalue weighted by Crippen LogP contribution is 2.25. The van der Waals surface area contributed by atoms with Gasteiger partial charge in [0, 0.05) is 0 Å². The Balaban J connectivity index is 1.66. The second kappa shape index (κ2) is 14.6. The Bertz CT molecular complexity index is 351. The molecule has 2 aliphatic carbocycles. The smallest absolute Gasteiger partial charge is 0.0757 e. The summed E-state index contributed by atoms with van der Waals surface area (Å²) < 4.78 is 12.9. The van der Waals surface area contributed by atoms with Crippen molar-refractivity contribution in [2.75, 3.05) is 0 Å². The van der Waals surface area contributed by atoms with Gasteiger partial charge in [0.1, 0.15) is 0 Å². The van der Waals surface area contributed by atoms with Gasteiger partial charge in [-0.1, -0.05) is 77.2 Å². The van der Waals surface area contributed by atoms with Crippen LogP contribution in [-0.2, 0) is 9.47 Å². The van der Waals surface area contributed by atoms with Gasteiger partial charge in [-0.15, -0.1) is 6.58 Å². The van der Waals surface area contributed by atoms with Crippen LogP contribution in [0.4, 0.5) is 0 Å². The SMILES string of the molecule is C=CC(CCC[C@H](CC)OC1CCCCCCC1)OC1CCCCCCC1. The lowest BCUT2D eigenvalue weighted by Gasteiger charge is -2.27. The molecule has 0 aromatic rings. The quantitative estimate of drug-likeness (QED) is 0.362. The molecule has 2 saturated carbocycles. The predicted octanol–water partition coefficient (Wildman–Crippen LogP) is 7.75. The largest absolute Gasteiger partial charge is 0.375 e. The van der Waals surface area contributed by atoms with Crippen LogP contribution in [0.3, 0.4) is 0 Å². The van der Waals surface area contributed by atoms with Crippen LogP contribution in [0.5, 0.6) is 0 Å². The van der Waals surface area contributed by atoms with Crippen molar-refractivity contribution < 1.29 is 9.47 Å². The third-order valence-corrected chi connectivity index (χ3v) is 6.59. The first-order valence-electron chi connectivity index (χ1n) is 12.2. The van der Waals surface area contributed by atoms with E-state index in [9.17, 15) is 0 Å². The van der Waals surface area contributed by atoms with E-state index in [1.54, 1.807) is 0 Å². The van der Waals surface area contributed by atoms with Crippen LogP contribution in [0, 0.1) is 0 Å². The molecular weight excluding hydrogens is 332 g/mol. The van der Waals surface area contributed by atoms with E-state index >= 15 is 0 Å². The number of hydrogen-bond acceptors (Lipinski definition) is 2. The Morgan fingerprint density at radius 2 is 1.22 bits per heavy atom. The Hall–Kier alpha value is -0.340. The summed E-state index contributed by atoms with van der Waals surface area (Å²) in [6.45, 7) is 6.32. The molecule has 0 radical (unpaired) electrons. The molecule has 0 heterocycles. The molecule has 0 bridgehead atoms. The molecule has 0 aromatic heterocycles. The second-order valence-electron chi connectivity index (χ2n) is 8.94. The summed E-state index contributed by atoms with van der Waals surface area (Å²) in [4.78, 5) is 0. The highest BCUT2D eigenvalue weighted by molar-refractivity contribution is 4.82. The van der Waals surface area contributed by atoms with E-state index < -0.39 is 0 Å². The molecule has 0 N–H and O–H groups in total. The van der Waals surface area contributed by atoms with E-state index in [1.807, 2.05) is 6.08 Å². The zero-order valence-electron chi connectivity index (χ0n) is 18.1. The van der Waals surface area contributed by atoms with Crippen molar-refractivity contribution >= 4 is 0 Å². The van der Waals surface area contributed by atoms with Gasteiger partial charge in [-0.25, -0.2) is 0 Å². The maximum atomic E-state index is 6.51. The average molecular weight is 379 g/mol. The van der Waals surface area contributed by atoms with Crippen molar-refractivity contribution in [2.45, 2.75) is 147 Å². The molecule has 2 aliphatic rings. The van der Waals surface area contributed by atoms with Crippen LogP contribution < -0.4 is 0 Å². The third kappa shape index (κ3) is 10.1. The lowest BCUT2D eigenvalue weighted by Crippen LogP contribution is -2.24. The van der Waals surface area contributed by atoms with Crippen LogP contribution in [0.2, 0.25) is 0 Å². The van der Waals surface area contributed by atoms with E-state index in [1.165, 1.54) is 103 Å². The Morgan fingerprint density at radius 1 is 0.741 bits per heavy atom. The highest BCUT2D eigenvalue weighted by Gasteiger charge is 2.19. The summed E-state index contributed by atoms with van der Waals surface area (Å²) in [5, 5.41) is 0. The van der Waals surface area contributed by atoms with E-state index in [0.29, 0.717) is 18.3 Å². The normalized spacial score (nSPS) is 23.6. The van der Waals surface area contributed by atoms with Gasteiger partial charge >= 0.3 is 0 Å². The fourth-order valence-electron chi connectivity index (χ4n) is 4.79. The van der Waals surface area contributed by atoms with Crippen molar-refractivity contribution in [2.24, 2.45) is 0 Å². The fraction of sp³-hybridized carbons (Fsp3) is 0.920. The van der Waals surface area contributed by atoms with Crippen LogP contribution >= 0.6 is 0 Å². The second-order valence-corrected chi connectivity index (χ2v) is 8.94. The van der Waals surface area contributed by atoms with E-state index in [4.69, 9.17) is 9.47 Å². The average Bonchev–Trinajstić information content (AvgIpc) is 2.63. The summed E-state index contributed by atoms with van der Waals surface area (Å²) in [5.74, 6) is 0. The van der Waals surface area contributed by atoms with Crippen LogP contribution in [0.15, 0.2) is 12.7 Å². The Labute approximate surface area is 169 Å². The molecule has 0 amide bonds. The molecule has 158 valence electrons. The molecular formula is C25H46O2. The summed E-state index contributed by atoms with van der Waals surface area (Å²) in [5.41, 5.74) is 0. The zero-order chi connectivity index (χ0) is 19.2. The third-order valence-electron chi connectivity index (χ3n) is 6.59. The summed E-state index contributed by atoms with van der Waals surface area (Å²) in [7, 11) is 0. The van der Waals surface area contributed by atoms with Crippen molar-refractivity contribution in [3.05, 3.63) is 12.7 Å². The number of ether oxygens (including phenoxy) is 2. The molecule has 0 aliphatic heterocycles. The van der Waals surface area contributed by atoms with E-state index in [2.05, 4.69) is 13.5 Å². The molecule has 0 saturated heterocycles. The van der Waals surface area contributed by atoms with Gasteiger partial charge in [0.05, 0.1) is 24.4 Å². The minimum Gasteiger partial charge on any atom is -0.375 e. The van der Waals surface area contributed by atoms with Crippen molar-refractivity contribution in [1.82, 2.24) is 0 Å². The minimum atomic E-state index is 0.230. The highest BCUT2D eigenvalue weighted by atomic mass is 16.5. The molecule has 2 nitrogen and oxygen atoms in total. The summed E-state index contributed by atoms with van der Waals surface area (Å²) >= 11 is 0. The van der Waals surface area contributed by atoms with Gasteiger partial charge in [-0.2, -0.15) is 0 Å². The van der Waals surface area contributed by atoms with Gasteiger partial charge < -0.3 is 9.47 Å². The molecule has 2 fully saturated rings. The van der Waals surface area contributed by atoms with Crippen LogP contribution in [-0.4, -0.2) is 24.4 Å². The predicted molar refractivity (Wildman–Crippen MR) is 116 cm³/mol. The molecule has 2 heteroatoms. The van der Waals surface area contributed by atoms with E-state index in [-0.39, 0.29) is 6.10 Å². The standard InChI is InChI=1S/C25H46O2/c1-3-22(26-24-16-11-7-5-8-12-17-24)20-15-21-23(4-2)27-25-18-13-9-6-10-14-19-25/h3,22-25H,1,4-21H2,2H3/t22?,23-/m0/s1. The summed E-state index contributed by atoms with van der Waals surface area (Å²) in [6.07, 6.45) is 27.1. The maximum Gasteiger partial charge on any atom is 0.0757 e. The zero-order valence-corrected chi connectivity index (χ0v) is 18.1. The van der Waals surface area contributed by atoms with Crippen LogP contribution in [0.25, 0.3) is 0 Å². The van der Waals surface area contributed by atoms with Crippen LogP contribution in [0.1, 0.15) is 122 Å². The van der Waals surface area contributed by atoms with Crippen molar-refractivity contribution in [3.8, 4) is 0 Å². The molecule has 2 atom stereocenters. The number of hydrogen-bond donors (Lipinski definition) is 0. The first-order chi connectivity index (χ1) is 13.3. The van der Waals surface area contributed by atoms with Gasteiger partial charge in [0.15, 0.2) is 0 Å². The van der Waals surface area contributed by atoms with Crippen molar-refractivity contribution in [3.63, 3.8) is 0 Å². The number of rotatable bonds is 10. The topological polar surface area (TPSA) is 18.5 Å². The summed E-state index contributed by atoms with van der Waals surface area (Å²) in [6, 6.07) is 0. The lowest BCUT2D eigenvalue weighted by molar-refractivity contribution is -0.0356. The lowest BCUT2D eigenvalue weighted by atomic mass is 9.97.